The molecule has 2 aromatic rings. The Morgan fingerprint density at radius 2 is 1.92 bits per heavy atom. The first kappa shape index (κ1) is 19.2. The fourth-order valence-electron chi connectivity index (χ4n) is 2.29. The zero-order chi connectivity index (χ0) is 18.9. The number of hydrogen-bond donors (Lipinski definition) is 1. The average molecular weight is 354 g/mol. The van der Waals surface area contributed by atoms with Crippen molar-refractivity contribution in [2.75, 3.05) is 11.9 Å². The number of anilines is 1. The van der Waals surface area contributed by atoms with Gasteiger partial charge in [0.05, 0.1) is 11.5 Å². The monoisotopic (exact) mass is 354 g/mol. The molecule has 0 saturated carbocycles. The smallest absolute Gasteiger partial charge is 0.311 e. The number of hydrogen-bond acceptors (Lipinski definition) is 4. The van der Waals surface area contributed by atoms with Crippen molar-refractivity contribution >= 4 is 23.4 Å². The third kappa shape index (κ3) is 5.44. The van der Waals surface area contributed by atoms with E-state index in [-0.39, 0.29) is 17.3 Å². The number of carbonyl (C=O) groups is 1. The second kappa shape index (κ2) is 9.36. The van der Waals surface area contributed by atoms with Crippen molar-refractivity contribution in [2.24, 2.45) is 0 Å². The summed E-state index contributed by atoms with van der Waals surface area (Å²) in [5.41, 5.74) is 2.33. The molecule has 6 heteroatoms. The number of carbonyl (C=O) groups excluding carboxylic acids is 1. The van der Waals surface area contributed by atoms with E-state index in [9.17, 15) is 14.9 Å². The van der Waals surface area contributed by atoms with Crippen LogP contribution in [0.1, 0.15) is 31.4 Å². The fraction of sp³-hybridized carbons (Fsp3) is 0.250. The molecule has 0 unspecified atom stereocenters. The summed E-state index contributed by atoms with van der Waals surface area (Å²) in [6.45, 7) is 4.40. The van der Waals surface area contributed by atoms with Gasteiger partial charge in [0.1, 0.15) is 0 Å². The number of aryl methyl sites for hydroxylation is 1. The quantitative estimate of drug-likeness (QED) is 0.427. The number of nitrogens with zero attached hydrogens (tertiary/aromatic N) is 1. The molecule has 2 rings (SSSR count). The van der Waals surface area contributed by atoms with Gasteiger partial charge < -0.3 is 10.1 Å². The normalized spacial score (nSPS) is 10.7. The summed E-state index contributed by atoms with van der Waals surface area (Å²) in [5, 5.41) is 13.9. The number of nitro groups is 1. The van der Waals surface area contributed by atoms with Gasteiger partial charge in [-0.3, -0.25) is 14.9 Å². The molecule has 0 heterocycles. The van der Waals surface area contributed by atoms with E-state index in [0.29, 0.717) is 17.9 Å². The highest BCUT2D eigenvalue weighted by molar-refractivity contribution is 6.01. The summed E-state index contributed by atoms with van der Waals surface area (Å²) >= 11 is 0. The number of nitro benzene ring substituents is 1. The number of benzene rings is 2. The standard InChI is InChI=1S/C20H22N2O4/c1-3-13-26-19-11-7-16(14-18(19)22(24)25)8-12-20(23)21-17-9-5-15(4-2)6-10-17/h5-12,14H,3-4,13H2,1-2H3,(H,21,23)/b12-8+. The Kier molecular flexibility index (Phi) is 6.91. The van der Waals surface area contributed by atoms with Gasteiger partial charge in [-0.15, -0.1) is 0 Å². The van der Waals surface area contributed by atoms with E-state index in [0.717, 1.165) is 12.8 Å². The lowest BCUT2D eigenvalue weighted by atomic mass is 10.1. The van der Waals surface area contributed by atoms with Crippen LogP contribution in [0.4, 0.5) is 11.4 Å². The fourth-order valence-corrected chi connectivity index (χ4v) is 2.29. The molecule has 0 atom stereocenters. The van der Waals surface area contributed by atoms with Gasteiger partial charge >= 0.3 is 5.69 Å². The van der Waals surface area contributed by atoms with Gasteiger partial charge in [0.25, 0.3) is 0 Å². The third-order valence-electron chi connectivity index (χ3n) is 3.70. The van der Waals surface area contributed by atoms with Gasteiger partial charge in [-0.2, -0.15) is 0 Å². The summed E-state index contributed by atoms with van der Waals surface area (Å²) in [6, 6.07) is 12.2. The molecule has 0 aliphatic rings. The molecule has 26 heavy (non-hydrogen) atoms. The SMILES string of the molecule is CCCOc1ccc(/C=C/C(=O)Nc2ccc(CC)cc2)cc1[N+](=O)[O-]. The Labute approximate surface area is 152 Å². The van der Waals surface area contributed by atoms with Crippen LogP contribution in [0.3, 0.4) is 0 Å². The number of ether oxygens (including phenoxy) is 1. The highest BCUT2D eigenvalue weighted by Crippen LogP contribution is 2.28. The Bertz CT molecular complexity index is 798. The predicted octanol–water partition coefficient (Wildman–Crippen LogP) is 4.60. The molecule has 0 radical (unpaired) electrons. The minimum atomic E-state index is -0.488. The van der Waals surface area contributed by atoms with Crippen molar-refractivity contribution in [2.45, 2.75) is 26.7 Å². The summed E-state index contributed by atoms with van der Waals surface area (Å²) in [6.07, 6.45) is 4.58. The van der Waals surface area contributed by atoms with E-state index in [4.69, 9.17) is 4.74 Å². The largest absolute Gasteiger partial charge is 0.487 e. The summed E-state index contributed by atoms with van der Waals surface area (Å²) < 4.78 is 5.38. The van der Waals surface area contributed by atoms with Crippen LogP contribution < -0.4 is 10.1 Å². The number of rotatable bonds is 8. The minimum absolute atomic E-state index is 0.115. The van der Waals surface area contributed by atoms with Gasteiger partial charge in [0.2, 0.25) is 5.91 Å². The first-order valence-corrected chi connectivity index (χ1v) is 8.52. The molecule has 0 fully saturated rings. The lowest BCUT2D eigenvalue weighted by Gasteiger charge is -2.06. The Morgan fingerprint density at radius 3 is 2.54 bits per heavy atom. The molecular formula is C20H22N2O4. The zero-order valence-electron chi connectivity index (χ0n) is 14.9. The maximum absolute atomic E-state index is 12.0. The van der Waals surface area contributed by atoms with E-state index >= 15 is 0 Å². The second-order valence-electron chi connectivity index (χ2n) is 5.71. The Balaban J connectivity index is 2.07. The molecule has 0 spiro atoms. The zero-order valence-corrected chi connectivity index (χ0v) is 14.9. The van der Waals surface area contributed by atoms with Crippen LogP contribution >= 0.6 is 0 Å². The predicted molar refractivity (Wildman–Crippen MR) is 102 cm³/mol. The number of amides is 1. The highest BCUT2D eigenvalue weighted by Gasteiger charge is 2.15. The minimum Gasteiger partial charge on any atom is -0.487 e. The average Bonchev–Trinajstić information content (AvgIpc) is 2.65. The maximum atomic E-state index is 12.0. The first-order chi connectivity index (χ1) is 12.5. The molecule has 0 aromatic heterocycles. The maximum Gasteiger partial charge on any atom is 0.311 e. The second-order valence-corrected chi connectivity index (χ2v) is 5.71. The van der Waals surface area contributed by atoms with Crippen LogP contribution in [0, 0.1) is 10.1 Å². The van der Waals surface area contributed by atoms with Gasteiger partial charge in [-0.25, -0.2) is 0 Å². The molecule has 1 amide bonds. The van der Waals surface area contributed by atoms with Crippen LogP contribution in [0.5, 0.6) is 5.75 Å². The molecule has 2 aromatic carbocycles. The summed E-state index contributed by atoms with van der Waals surface area (Å²) in [4.78, 5) is 22.7. The van der Waals surface area contributed by atoms with E-state index in [1.807, 2.05) is 31.2 Å². The van der Waals surface area contributed by atoms with E-state index < -0.39 is 4.92 Å². The summed E-state index contributed by atoms with van der Waals surface area (Å²) in [7, 11) is 0. The topological polar surface area (TPSA) is 81.5 Å². The van der Waals surface area contributed by atoms with Crippen molar-refractivity contribution in [3.63, 3.8) is 0 Å². The molecule has 136 valence electrons. The Morgan fingerprint density at radius 1 is 1.19 bits per heavy atom. The van der Waals surface area contributed by atoms with Crippen LogP contribution in [-0.2, 0) is 11.2 Å². The van der Waals surface area contributed by atoms with Crippen LogP contribution in [0.25, 0.3) is 6.08 Å². The number of nitrogens with one attached hydrogen (secondary N) is 1. The van der Waals surface area contributed by atoms with Gasteiger partial charge in [0, 0.05) is 17.8 Å². The van der Waals surface area contributed by atoms with Crippen molar-refractivity contribution < 1.29 is 14.5 Å². The van der Waals surface area contributed by atoms with Gasteiger partial charge in [-0.05, 0) is 48.2 Å². The van der Waals surface area contributed by atoms with Gasteiger partial charge in [0.15, 0.2) is 5.75 Å². The van der Waals surface area contributed by atoms with Crippen LogP contribution in [0.2, 0.25) is 0 Å². The third-order valence-corrected chi connectivity index (χ3v) is 3.70. The van der Waals surface area contributed by atoms with E-state index in [1.54, 1.807) is 12.1 Å². The van der Waals surface area contributed by atoms with Crippen LogP contribution in [-0.4, -0.2) is 17.4 Å². The molecule has 0 aliphatic carbocycles. The van der Waals surface area contributed by atoms with Crippen molar-refractivity contribution in [3.8, 4) is 5.75 Å². The molecule has 0 saturated heterocycles. The van der Waals surface area contributed by atoms with Crippen LogP contribution in [0.15, 0.2) is 48.5 Å². The molecule has 1 N–H and O–H groups in total. The highest BCUT2D eigenvalue weighted by atomic mass is 16.6. The lowest BCUT2D eigenvalue weighted by molar-refractivity contribution is -0.385. The van der Waals surface area contributed by atoms with E-state index in [2.05, 4.69) is 12.2 Å². The molecule has 0 aliphatic heterocycles. The lowest BCUT2D eigenvalue weighted by Crippen LogP contribution is -2.07. The van der Waals surface area contributed by atoms with Crippen molar-refractivity contribution in [1.82, 2.24) is 0 Å². The van der Waals surface area contributed by atoms with Gasteiger partial charge in [-0.1, -0.05) is 32.0 Å². The first-order valence-electron chi connectivity index (χ1n) is 8.52. The van der Waals surface area contributed by atoms with E-state index in [1.165, 1.54) is 23.8 Å². The Hall–Kier alpha value is -3.15. The summed E-state index contributed by atoms with van der Waals surface area (Å²) in [5.74, 6) is -0.0716. The molecule has 6 nitrogen and oxygen atoms in total. The van der Waals surface area contributed by atoms with Crippen molar-refractivity contribution in [1.29, 1.82) is 0 Å². The molecule has 0 bridgehead atoms. The molecular weight excluding hydrogens is 332 g/mol. The van der Waals surface area contributed by atoms with Crippen molar-refractivity contribution in [3.05, 3.63) is 69.8 Å².